The van der Waals surface area contributed by atoms with Crippen molar-refractivity contribution in [2.75, 3.05) is 11.9 Å². The highest BCUT2D eigenvalue weighted by Gasteiger charge is 2.28. The van der Waals surface area contributed by atoms with E-state index in [0.717, 1.165) is 0 Å². The molecule has 0 radical (unpaired) electrons. The monoisotopic (exact) mass is 219 g/mol. The van der Waals surface area contributed by atoms with Gasteiger partial charge in [-0.15, -0.1) is 0 Å². The number of nitrogens with zero attached hydrogens (tertiary/aromatic N) is 1. The van der Waals surface area contributed by atoms with E-state index in [1.54, 1.807) is 12.1 Å². The van der Waals surface area contributed by atoms with Crippen LogP contribution in [0.2, 0.25) is 0 Å². The molecule has 0 heterocycles. The van der Waals surface area contributed by atoms with Crippen LogP contribution >= 0.6 is 0 Å². The molecule has 2 rings (SSSR count). The standard InChI is InChI=1S/C12H14FN3/c13-10-2-1-3-12(9(10)6-14)16-7-11(15)8-4-5-8/h1-3,8,11,16H,4-5,7,15H2. The topological polar surface area (TPSA) is 61.8 Å². The summed E-state index contributed by atoms with van der Waals surface area (Å²) in [5.74, 6) is 0.0964. The summed E-state index contributed by atoms with van der Waals surface area (Å²) in [5.41, 5.74) is 6.50. The van der Waals surface area contributed by atoms with Gasteiger partial charge in [-0.3, -0.25) is 0 Å². The van der Waals surface area contributed by atoms with Crippen molar-refractivity contribution in [3.05, 3.63) is 29.6 Å². The van der Waals surface area contributed by atoms with Crippen LogP contribution in [0.3, 0.4) is 0 Å². The Labute approximate surface area is 94.1 Å². The number of hydrogen-bond donors (Lipinski definition) is 2. The van der Waals surface area contributed by atoms with E-state index in [1.165, 1.54) is 18.9 Å². The molecule has 0 aliphatic heterocycles. The molecule has 4 heteroatoms. The van der Waals surface area contributed by atoms with Crippen LogP contribution < -0.4 is 11.1 Å². The number of hydrogen-bond acceptors (Lipinski definition) is 3. The summed E-state index contributed by atoms with van der Waals surface area (Å²) in [6.45, 7) is 0.586. The van der Waals surface area contributed by atoms with Gasteiger partial charge in [-0.25, -0.2) is 4.39 Å². The number of nitrogens with two attached hydrogens (primary N) is 1. The van der Waals surface area contributed by atoms with Crippen LogP contribution in [0.5, 0.6) is 0 Å². The Morgan fingerprint density at radius 3 is 2.94 bits per heavy atom. The zero-order valence-electron chi connectivity index (χ0n) is 8.91. The summed E-state index contributed by atoms with van der Waals surface area (Å²) in [6.07, 6.45) is 2.36. The lowest BCUT2D eigenvalue weighted by atomic mass is 10.1. The van der Waals surface area contributed by atoms with E-state index in [0.29, 0.717) is 18.2 Å². The minimum absolute atomic E-state index is 0.0606. The molecule has 3 N–H and O–H groups in total. The Kier molecular flexibility index (Phi) is 3.07. The lowest BCUT2D eigenvalue weighted by molar-refractivity contribution is 0.615. The molecule has 1 fully saturated rings. The van der Waals surface area contributed by atoms with Crippen LogP contribution in [0.1, 0.15) is 18.4 Å². The lowest BCUT2D eigenvalue weighted by Crippen LogP contribution is -2.31. The second kappa shape index (κ2) is 4.50. The summed E-state index contributed by atoms with van der Waals surface area (Å²) in [7, 11) is 0. The first-order valence-corrected chi connectivity index (χ1v) is 5.40. The van der Waals surface area contributed by atoms with E-state index < -0.39 is 5.82 Å². The summed E-state index contributed by atoms with van der Waals surface area (Å²) < 4.78 is 13.3. The molecule has 0 saturated heterocycles. The lowest BCUT2D eigenvalue weighted by Gasteiger charge is -2.13. The van der Waals surface area contributed by atoms with Crippen LogP contribution in [-0.2, 0) is 0 Å². The summed E-state index contributed by atoms with van der Waals surface area (Å²) in [4.78, 5) is 0. The predicted octanol–water partition coefficient (Wildman–Crippen LogP) is 1.85. The number of halogens is 1. The molecule has 84 valence electrons. The molecule has 0 amide bonds. The minimum atomic E-state index is -0.493. The first kappa shape index (κ1) is 10.9. The average Bonchev–Trinajstić information content (AvgIpc) is 3.09. The van der Waals surface area contributed by atoms with Crippen molar-refractivity contribution in [3.8, 4) is 6.07 Å². The Hall–Kier alpha value is -1.60. The van der Waals surface area contributed by atoms with Gasteiger partial charge in [0.25, 0.3) is 0 Å². The van der Waals surface area contributed by atoms with E-state index in [-0.39, 0.29) is 11.6 Å². The molecule has 16 heavy (non-hydrogen) atoms. The van der Waals surface area contributed by atoms with E-state index >= 15 is 0 Å². The first-order valence-electron chi connectivity index (χ1n) is 5.40. The normalized spacial score (nSPS) is 16.6. The smallest absolute Gasteiger partial charge is 0.143 e. The van der Waals surface area contributed by atoms with Crippen molar-refractivity contribution in [1.82, 2.24) is 0 Å². The quantitative estimate of drug-likeness (QED) is 0.812. The second-order valence-corrected chi connectivity index (χ2v) is 4.16. The summed E-state index contributed by atoms with van der Waals surface area (Å²) in [5, 5.41) is 11.9. The van der Waals surface area contributed by atoms with E-state index in [9.17, 15) is 4.39 Å². The van der Waals surface area contributed by atoms with Gasteiger partial charge in [0.05, 0.1) is 5.69 Å². The fourth-order valence-electron chi connectivity index (χ4n) is 1.70. The van der Waals surface area contributed by atoms with Crippen molar-refractivity contribution in [3.63, 3.8) is 0 Å². The number of benzene rings is 1. The van der Waals surface area contributed by atoms with Crippen LogP contribution in [0, 0.1) is 23.1 Å². The SMILES string of the molecule is N#Cc1c(F)cccc1NCC(N)C1CC1. The van der Waals surface area contributed by atoms with E-state index in [1.807, 2.05) is 6.07 Å². The molecule has 0 spiro atoms. The number of rotatable bonds is 4. The molecular formula is C12H14FN3. The molecule has 1 aromatic carbocycles. The molecule has 1 aliphatic carbocycles. The number of nitriles is 1. The van der Waals surface area contributed by atoms with Crippen molar-refractivity contribution in [1.29, 1.82) is 5.26 Å². The first-order chi connectivity index (χ1) is 7.72. The molecule has 0 aromatic heterocycles. The molecule has 0 bridgehead atoms. The Balaban J connectivity index is 2.03. The van der Waals surface area contributed by atoms with Gasteiger partial charge in [-0.2, -0.15) is 5.26 Å². The largest absolute Gasteiger partial charge is 0.382 e. The maximum Gasteiger partial charge on any atom is 0.143 e. The zero-order valence-corrected chi connectivity index (χ0v) is 8.91. The van der Waals surface area contributed by atoms with E-state index in [2.05, 4.69) is 5.32 Å². The highest BCUT2D eigenvalue weighted by molar-refractivity contribution is 5.57. The molecule has 1 aromatic rings. The molecular weight excluding hydrogens is 205 g/mol. The fraction of sp³-hybridized carbons (Fsp3) is 0.417. The number of nitrogens with one attached hydrogen (secondary N) is 1. The van der Waals surface area contributed by atoms with Crippen LogP contribution in [0.4, 0.5) is 10.1 Å². The van der Waals surface area contributed by atoms with Gasteiger partial charge in [0, 0.05) is 12.6 Å². The van der Waals surface area contributed by atoms with Gasteiger partial charge in [-0.1, -0.05) is 6.07 Å². The van der Waals surface area contributed by atoms with Gasteiger partial charge in [-0.05, 0) is 30.9 Å². The van der Waals surface area contributed by atoms with Crippen molar-refractivity contribution >= 4 is 5.69 Å². The van der Waals surface area contributed by atoms with Crippen LogP contribution in [-0.4, -0.2) is 12.6 Å². The minimum Gasteiger partial charge on any atom is -0.382 e. The Bertz CT molecular complexity index is 421. The van der Waals surface area contributed by atoms with Crippen LogP contribution in [0.15, 0.2) is 18.2 Å². The number of anilines is 1. The molecule has 3 nitrogen and oxygen atoms in total. The van der Waals surface area contributed by atoms with Crippen molar-refractivity contribution in [2.45, 2.75) is 18.9 Å². The van der Waals surface area contributed by atoms with Gasteiger partial charge in [0.15, 0.2) is 0 Å². The third-order valence-electron chi connectivity index (χ3n) is 2.88. The molecule has 1 unspecified atom stereocenters. The fourth-order valence-corrected chi connectivity index (χ4v) is 1.70. The highest BCUT2D eigenvalue weighted by atomic mass is 19.1. The Morgan fingerprint density at radius 1 is 1.56 bits per heavy atom. The summed E-state index contributed by atoms with van der Waals surface area (Å²) >= 11 is 0. The van der Waals surface area contributed by atoms with Crippen LogP contribution in [0.25, 0.3) is 0 Å². The third-order valence-corrected chi connectivity index (χ3v) is 2.88. The maximum atomic E-state index is 13.3. The molecule has 1 atom stereocenters. The molecule has 1 aliphatic rings. The second-order valence-electron chi connectivity index (χ2n) is 4.16. The molecule has 1 saturated carbocycles. The maximum absolute atomic E-state index is 13.3. The van der Waals surface area contributed by atoms with Crippen molar-refractivity contribution < 1.29 is 4.39 Å². The predicted molar refractivity (Wildman–Crippen MR) is 60.3 cm³/mol. The van der Waals surface area contributed by atoms with Gasteiger partial charge >= 0.3 is 0 Å². The van der Waals surface area contributed by atoms with Gasteiger partial charge in [0.2, 0.25) is 0 Å². The summed E-state index contributed by atoms with van der Waals surface area (Å²) in [6, 6.07) is 6.51. The average molecular weight is 219 g/mol. The van der Waals surface area contributed by atoms with Gasteiger partial charge in [0.1, 0.15) is 17.4 Å². The third kappa shape index (κ3) is 2.31. The van der Waals surface area contributed by atoms with E-state index in [4.69, 9.17) is 11.0 Å². The Morgan fingerprint density at radius 2 is 2.31 bits per heavy atom. The van der Waals surface area contributed by atoms with Crippen molar-refractivity contribution in [2.24, 2.45) is 11.7 Å². The van der Waals surface area contributed by atoms with Gasteiger partial charge < -0.3 is 11.1 Å². The zero-order chi connectivity index (χ0) is 11.5. The highest BCUT2D eigenvalue weighted by Crippen LogP contribution is 2.31.